The molecule has 0 aromatic heterocycles. The Bertz CT molecular complexity index is 1110. The first-order chi connectivity index (χ1) is 18.0. The highest BCUT2D eigenvalue weighted by Gasteiger charge is 2.73. The minimum absolute atomic E-state index is 0.0529. The molecule has 0 unspecified atom stereocenters. The Morgan fingerprint density at radius 3 is 2.21 bits per heavy atom. The predicted octanol–water partition coefficient (Wildman–Crippen LogP) is 3.67. The molecule has 5 aliphatic carbocycles. The third-order valence-corrected chi connectivity index (χ3v) is 13.4. The molecule has 8 heteroatoms. The highest BCUT2D eigenvalue weighted by molar-refractivity contribution is 5.78. The van der Waals surface area contributed by atoms with Gasteiger partial charge in [-0.3, -0.25) is 9.59 Å². The van der Waals surface area contributed by atoms with Crippen molar-refractivity contribution in [3.63, 3.8) is 0 Å². The first kappa shape index (κ1) is 28.7. The van der Waals surface area contributed by atoms with Crippen LogP contribution in [-0.4, -0.2) is 62.6 Å². The molecule has 0 radical (unpaired) electrons. The zero-order valence-electron chi connectivity index (χ0n) is 23.9. The van der Waals surface area contributed by atoms with Gasteiger partial charge in [0, 0.05) is 0 Å². The van der Waals surface area contributed by atoms with Crippen molar-refractivity contribution in [1.82, 2.24) is 0 Å². The number of aldehydes is 1. The molecule has 0 spiro atoms. The number of hydrogen-bond acceptors (Lipinski definition) is 6. The van der Waals surface area contributed by atoms with Gasteiger partial charge in [-0.15, -0.1) is 0 Å². The van der Waals surface area contributed by atoms with E-state index >= 15 is 0 Å². The van der Waals surface area contributed by atoms with Crippen molar-refractivity contribution in [3.05, 3.63) is 11.6 Å². The first-order valence-corrected chi connectivity index (χ1v) is 14.6. The highest BCUT2D eigenvalue weighted by atomic mass is 16.4. The Balaban J connectivity index is 1.66. The van der Waals surface area contributed by atoms with Gasteiger partial charge in [-0.05, 0) is 90.8 Å². The summed E-state index contributed by atoms with van der Waals surface area (Å²) in [6, 6.07) is 0. The van der Waals surface area contributed by atoms with Gasteiger partial charge in [0.05, 0.1) is 30.1 Å². The Morgan fingerprint density at radius 1 is 0.974 bits per heavy atom. The van der Waals surface area contributed by atoms with Crippen LogP contribution in [0.5, 0.6) is 0 Å². The van der Waals surface area contributed by atoms with E-state index in [0.29, 0.717) is 44.8 Å². The molecule has 0 aromatic rings. The highest BCUT2D eigenvalue weighted by Crippen LogP contribution is 2.76. The summed E-state index contributed by atoms with van der Waals surface area (Å²) in [5, 5.41) is 53.9. The van der Waals surface area contributed by atoms with Crippen LogP contribution in [0, 0.1) is 56.2 Å². The van der Waals surface area contributed by atoms with Gasteiger partial charge in [0.15, 0.2) is 0 Å². The summed E-state index contributed by atoms with van der Waals surface area (Å²) in [7, 11) is 0. The van der Waals surface area contributed by atoms with Crippen LogP contribution < -0.4 is 0 Å². The lowest BCUT2D eigenvalue weighted by atomic mass is 9.32. The van der Waals surface area contributed by atoms with Crippen molar-refractivity contribution >= 4 is 18.2 Å². The number of rotatable bonds is 4. The summed E-state index contributed by atoms with van der Waals surface area (Å²) >= 11 is 0. The van der Waals surface area contributed by atoms with E-state index < -0.39 is 69.7 Å². The average Bonchev–Trinajstić information content (AvgIpc) is 2.84. The largest absolute Gasteiger partial charge is 0.481 e. The number of aliphatic carboxylic acids is 2. The molecule has 4 saturated carbocycles. The van der Waals surface area contributed by atoms with Gasteiger partial charge in [-0.1, -0.05) is 46.3 Å². The molecule has 0 aliphatic heterocycles. The molecule has 0 amide bonds. The van der Waals surface area contributed by atoms with Gasteiger partial charge in [-0.25, -0.2) is 0 Å². The number of carboxylic acids is 2. The van der Waals surface area contributed by atoms with E-state index in [1.165, 1.54) is 0 Å². The van der Waals surface area contributed by atoms with Crippen molar-refractivity contribution < 1.29 is 39.9 Å². The number of aliphatic hydroxyl groups excluding tert-OH is 3. The summed E-state index contributed by atoms with van der Waals surface area (Å²) in [6.45, 7) is 10.1. The summed E-state index contributed by atoms with van der Waals surface area (Å²) < 4.78 is 0. The maximum Gasteiger partial charge on any atom is 0.312 e. The normalized spacial score (nSPS) is 52.3. The monoisotopic (exact) mass is 546 g/mol. The fourth-order valence-corrected chi connectivity index (χ4v) is 11.0. The molecule has 218 valence electrons. The molecular weight excluding hydrogens is 500 g/mol. The zero-order valence-corrected chi connectivity index (χ0v) is 23.9. The lowest BCUT2D eigenvalue weighted by molar-refractivity contribution is -0.236. The van der Waals surface area contributed by atoms with Crippen molar-refractivity contribution in [2.24, 2.45) is 56.2 Å². The second-order valence-electron chi connectivity index (χ2n) is 15.3. The fraction of sp³-hybridized carbons (Fsp3) is 0.839. The van der Waals surface area contributed by atoms with Crippen LogP contribution in [0.3, 0.4) is 0 Å². The van der Waals surface area contributed by atoms with Crippen LogP contribution in [0.4, 0.5) is 0 Å². The number of aliphatic hydroxyl groups is 3. The van der Waals surface area contributed by atoms with E-state index in [1.54, 1.807) is 0 Å². The topological polar surface area (TPSA) is 152 Å². The molecule has 11 atom stereocenters. The molecule has 4 fully saturated rings. The van der Waals surface area contributed by atoms with E-state index in [0.717, 1.165) is 12.0 Å². The van der Waals surface area contributed by atoms with E-state index in [9.17, 15) is 39.9 Å². The van der Waals surface area contributed by atoms with E-state index in [2.05, 4.69) is 33.8 Å². The van der Waals surface area contributed by atoms with Gasteiger partial charge < -0.3 is 30.3 Å². The number of hydrogen-bond donors (Lipinski definition) is 5. The molecule has 5 aliphatic rings. The van der Waals surface area contributed by atoms with Crippen molar-refractivity contribution in [3.8, 4) is 0 Å². The van der Waals surface area contributed by atoms with Gasteiger partial charge in [0.1, 0.15) is 11.7 Å². The smallest absolute Gasteiger partial charge is 0.312 e. The molecule has 0 heterocycles. The van der Waals surface area contributed by atoms with Crippen molar-refractivity contribution in [2.45, 2.75) is 98.2 Å². The van der Waals surface area contributed by atoms with Crippen LogP contribution in [0.2, 0.25) is 0 Å². The van der Waals surface area contributed by atoms with E-state index in [-0.39, 0.29) is 23.7 Å². The number of fused-ring (bicyclic) bond motifs is 7. The Morgan fingerprint density at radius 2 is 1.64 bits per heavy atom. The number of carbonyl (C=O) groups excluding carboxylic acids is 1. The Hall–Kier alpha value is -1.77. The second kappa shape index (κ2) is 8.62. The molecule has 0 aromatic carbocycles. The summed E-state index contributed by atoms with van der Waals surface area (Å²) in [6.07, 6.45) is 4.51. The van der Waals surface area contributed by atoms with Gasteiger partial charge in [0.2, 0.25) is 0 Å². The maximum atomic E-state index is 12.9. The summed E-state index contributed by atoms with van der Waals surface area (Å²) in [5.41, 5.74) is -3.27. The van der Waals surface area contributed by atoms with E-state index in [4.69, 9.17) is 0 Å². The van der Waals surface area contributed by atoms with Gasteiger partial charge in [-0.2, -0.15) is 0 Å². The Kier molecular flexibility index (Phi) is 6.35. The maximum absolute atomic E-state index is 12.9. The molecular formula is C31H46O8. The summed E-state index contributed by atoms with van der Waals surface area (Å²) in [4.78, 5) is 37.8. The number of allylic oxidation sites excluding steroid dienone is 2. The number of carboxylic acid groups (broad SMARTS) is 2. The SMILES string of the molecule is CC1(C)CC[C@]2(C(=O)O)[C@H](O)C[C@]3(C)C(=CC[C@@H]4[C@@]5(C)C[C@H](C(=O)O)[C@H](O)[C@@](C=O)(CO)[C@@H]5CC[C@]43C)[C@@H]2C1. The first-order valence-electron chi connectivity index (χ1n) is 14.6. The fourth-order valence-electron chi connectivity index (χ4n) is 11.0. The van der Waals surface area contributed by atoms with Gasteiger partial charge in [0.25, 0.3) is 0 Å². The third kappa shape index (κ3) is 3.37. The second-order valence-corrected chi connectivity index (χ2v) is 15.3. The van der Waals surface area contributed by atoms with Crippen molar-refractivity contribution in [2.75, 3.05) is 6.61 Å². The van der Waals surface area contributed by atoms with E-state index in [1.807, 2.05) is 6.92 Å². The predicted molar refractivity (Wildman–Crippen MR) is 142 cm³/mol. The standard InChI is InChI=1S/C31H46O8/c1-26(2)10-11-31(25(38)39)19(13-26)18-6-7-20-27(3)12-17(24(36)37)23(35)30(15-32,16-33)21(27)8-9-28(20,4)29(18,5)14-22(31)34/h6,15,17,19-23,33-35H,7-14,16H2,1-5H3,(H,36,37)(H,38,39)/t17-,19-,20+,21+,22+,23-,27+,28+,29+,30-,31+/m0/s1. The van der Waals surface area contributed by atoms with Crippen LogP contribution in [0.1, 0.15) is 86.0 Å². The average molecular weight is 547 g/mol. The molecule has 5 N–H and O–H groups in total. The quantitative estimate of drug-likeness (QED) is 0.265. The van der Waals surface area contributed by atoms with Crippen LogP contribution in [0.15, 0.2) is 11.6 Å². The van der Waals surface area contributed by atoms with Crippen LogP contribution in [0.25, 0.3) is 0 Å². The zero-order chi connectivity index (χ0) is 29.0. The molecule has 0 saturated heterocycles. The lowest BCUT2D eigenvalue weighted by Crippen LogP contribution is -2.70. The van der Waals surface area contributed by atoms with Crippen LogP contribution >= 0.6 is 0 Å². The Labute approximate surface area is 230 Å². The molecule has 8 nitrogen and oxygen atoms in total. The number of carbonyl (C=O) groups is 3. The minimum atomic E-state index is -1.56. The minimum Gasteiger partial charge on any atom is -0.481 e. The lowest BCUT2D eigenvalue weighted by Gasteiger charge is -2.71. The van der Waals surface area contributed by atoms with Crippen molar-refractivity contribution in [1.29, 1.82) is 0 Å². The van der Waals surface area contributed by atoms with Crippen LogP contribution in [-0.2, 0) is 14.4 Å². The third-order valence-electron chi connectivity index (χ3n) is 13.4. The van der Waals surface area contributed by atoms with Gasteiger partial charge >= 0.3 is 11.9 Å². The molecule has 5 rings (SSSR count). The summed E-state index contributed by atoms with van der Waals surface area (Å²) in [5.74, 6) is -4.03. The molecule has 39 heavy (non-hydrogen) atoms. The molecule has 0 bridgehead atoms.